The molecule has 0 spiro atoms. The summed E-state index contributed by atoms with van der Waals surface area (Å²) in [7, 11) is 0. The largest absolute Gasteiger partial charge is 0.478 e. The van der Waals surface area contributed by atoms with E-state index in [1.54, 1.807) is 18.2 Å². The van der Waals surface area contributed by atoms with Crippen molar-refractivity contribution >= 4 is 23.6 Å². The van der Waals surface area contributed by atoms with Crippen LogP contribution in [-0.4, -0.2) is 30.2 Å². The van der Waals surface area contributed by atoms with Gasteiger partial charge in [-0.25, -0.2) is 4.79 Å². The molecule has 0 bridgehead atoms. The number of ether oxygens (including phenoxy) is 1. The SMILES string of the molecule is CCOCC(=O)Nc1ccc(C=CC(=O)O)cc1C. The zero-order valence-electron chi connectivity index (χ0n) is 11.0. The van der Waals surface area contributed by atoms with Crippen LogP contribution in [0.1, 0.15) is 18.1 Å². The number of anilines is 1. The summed E-state index contributed by atoms with van der Waals surface area (Å²) in [4.78, 5) is 21.9. The molecule has 0 saturated carbocycles. The maximum atomic E-state index is 11.5. The summed E-state index contributed by atoms with van der Waals surface area (Å²) in [5.74, 6) is -1.20. The highest BCUT2D eigenvalue weighted by atomic mass is 16.5. The highest BCUT2D eigenvalue weighted by molar-refractivity contribution is 5.92. The number of hydrogen-bond donors (Lipinski definition) is 2. The Morgan fingerprint density at radius 3 is 2.74 bits per heavy atom. The second-order valence-corrected chi connectivity index (χ2v) is 3.93. The lowest BCUT2D eigenvalue weighted by Crippen LogP contribution is -2.18. The van der Waals surface area contributed by atoms with Crippen molar-refractivity contribution in [1.29, 1.82) is 0 Å². The van der Waals surface area contributed by atoms with Crippen LogP contribution in [0.4, 0.5) is 5.69 Å². The van der Waals surface area contributed by atoms with Gasteiger partial charge in [-0.3, -0.25) is 4.79 Å². The lowest BCUT2D eigenvalue weighted by molar-refractivity contribution is -0.131. The smallest absolute Gasteiger partial charge is 0.328 e. The summed E-state index contributed by atoms with van der Waals surface area (Å²) in [6, 6.07) is 5.28. The van der Waals surface area contributed by atoms with Crippen molar-refractivity contribution < 1.29 is 19.4 Å². The predicted molar refractivity (Wildman–Crippen MR) is 73.0 cm³/mol. The first kappa shape index (κ1) is 14.9. The summed E-state index contributed by atoms with van der Waals surface area (Å²) < 4.78 is 5.01. The Labute approximate surface area is 111 Å². The molecule has 5 nitrogen and oxygen atoms in total. The van der Waals surface area contributed by atoms with Gasteiger partial charge in [-0.2, -0.15) is 0 Å². The first-order valence-electron chi connectivity index (χ1n) is 5.92. The van der Waals surface area contributed by atoms with Crippen LogP contribution in [0.3, 0.4) is 0 Å². The summed E-state index contributed by atoms with van der Waals surface area (Å²) >= 11 is 0. The fraction of sp³-hybridized carbons (Fsp3) is 0.286. The number of benzene rings is 1. The third-order valence-corrected chi connectivity index (χ3v) is 2.38. The Balaban J connectivity index is 2.72. The highest BCUT2D eigenvalue weighted by Gasteiger charge is 2.04. The molecule has 5 heteroatoms. The van der Waals surface area contributed by atoms with E-state index in [4.69, 9.17) is 9.84 Å². The van der Waals surface area contributed by atoms with E-state index in [-0.39, 0.29) is 12.5 Å². The van der Waals surface area contributed by atoms with E-state index in [0.29, 0.717) is 12.3 Å². The maximum absolute atomic E-state index is 11.5. The molecular formula is C14H17NO4. The monoisotopic (exact) mass is 263 g/mol. The van der Waals surface area contributed by atoms with Gasteiger partial charge in [0.1, 0.15) is 6.61 Å². The number of nitrogens with one attached hydrogen (secondary N) is 1. The van der Waals surface area contributed by atoms with Crippen molar-refractivity contribution in [2.45, 2.75) is 13.8 Å². The summed E-state index contributed by atoms with van der Waals surface area (Å²) in [6.45, 7) is 4.18. The molecule has 1 aromatic rings. The molecule has 0 heterocycles. The van der Waals surface area contributed by atoms with Gasteiger partial charge in [0, 0.05) is 18.4 Å². The van der Waals surface area contributed by atoms with Gasteiger partial charge in [0.05, 0.1) is 0 Å². The number of amides is 1. The molecule has 0 fully saturated rings. The zero-order chi connectivity index (χ0) is 14.3. The topological polar surface area (TPSA) is 75.6 Å². The molecular weight excluding hydrogens is 246 g/mol. The third kappa shape index (κ3) is 5.35. The average Bonchev–Trinajstić information content (AvgIpc) is 2.36. The van der Waals surface area contributed by atoms with Gasteiger partial charge >= 0.3 is 5.97 Å². The van der Waals surface area contributed by atoms with Crippen LogP contribution in [0.5, 0.6) is 0 Å². The molecule has 0 unspecified atom stereocenters. The molecule has 1 amide bonds. The van der Waals surface area contributed by atoms with Crippen LogP contribution in [0.2, 0.25) is 0 Å². The number of rotatable bonds is 6. The van der Waals surface area contributed by atoms with Crippen molar-refractivity contribution in [3.8, 4) is 0 Å². The van der Waals surface area contributed by atoms with Crippen molar-refractivity contribution in [2.75, 3.05) is 18.5 Å². The molecule has 0 saturated heterocycles. The average molecular weight is 263 g/mol. The van der Waals surface area contributed by atoms with Gasteiger partial charge in [0.25, 0.3) is 0 Å². The number of carboxylic acid groups (broad SMARTS) is 1. The van der Waals surface area contributed by atoms with Gasteiger partial charge in [0.15, 0.2) is 0 Å². The Morgan fingerprint density at radius 2 is 2.16 bits per heavy atom. The van der Waals surface area contributed by atoms with Gasteiger partial charge in [0.2, 0.25) is 5.91 Å². The quantitative estimate of drug-likeness (QED) is 0.770. The number of aliphatic carboxylic acids is 1. The highest BCUT2D eigenvalue weighted by Crippen LogP contribution is 2.17. The second-order valence-electron chi connectivity index (χ2n) is 3.93. The van der Waals surface area contributed by atoms with Crippen molar-refractivity contribution in [1.82, 2.24) is 0 Å². The number of carboxylic acids is 1. The molecule has 0 atom stereocenters. The molecule has 0 aromatic heterocycles. The standard InChI is InChI=1S/C14H17NO4/c1-3-19-9-13(16)15-12-6-4-11(8-10(12)2)5-7-14(17)18/h4-8H,3,9H2,1-2H3,(H,15,16)(H,17,18). The first-order chi connectivity index (χ1) is 9.02. The second kappa shape index (κ2) is 7.33. The molecule has 0 aliphatic carbocycles. The van der Waals surface area contributed by atoms with Gasteiger partial charge in [-0.1, -0.05) is 6.07 Å². The van der Waals surface area contributed by atoms with Gasteiger partial charge < -0.3 is 15.2 Å². The van der Waals surface area contributed by atoms with E-state index in [2.05, 4.69) is 5.32 Å². The molecule has 1 rings (SSSR count). The number of aryl methyl sites for hydroxylation is 1. The Bertz CT molecular complexity index is 494. The molecule has 2 N–H and O–H groups in total. The van der Waals surface area contributed by atoms with E-state index >= 15 is 0 Å². The van der Waals surface area contributed by atoms with Crippen LogP contribution < -0.4 is 5.32 Å². The van der Waals surface area contributed by atoms with E-state index in [1.807, 2.05) is 13.8 Å². The fourth-order valence-corrected chi connectivity index (χ4v) is 1.48. The Morgan fingerprint density at radius 1 is 1.42 bits per heavy atom. The number of carbonyl (C=O) groups is 2. The van der Waals surface area contributed by atoms with Crippen LogP contribution in [-0.2, 0) is 14.3 Å². The van der Waals surface area contributed by atoms with Crippen LogP contribution in [0.25, 0.3) is 6.08 Å². The van der Waals surface area contributed by atoms with Crippen molar-refractivity contribution in [3.05, 3.63) is 35.4 Å². The predicted octanol–water partition coefficient (Wildman–Crippen LogP) is 2.07. The lowest BCUT2D eigenvalue weighted by atomic mass is 10.1. The maximum Gasteiger partial charge on any atom is 0.328 e. The molecule has 0 radical (unpaired) electrons. The zero-order valence-corrected chi connectivity index (χ0v) is 11.0. The Hall–Kier alpha value is -2.14. The normalized spacial score (nSPS) is 10.6. The van der Waals surface area contributed by atoms with E-state index < -0.39 is 5.97 Å². The summed E-state index contributed by atoms with van der Waals surface area (Å²) in [5, 5.41) is 11.3. The fourth-order valence-electron chi connectivity index (χ4n) is 1.48. The molecule has 0 aliphatic heterocycles. The lowest BCUT2D eigenvalue weighted by Gasteiger charge is -2.09. The minimum absolute atomic E-state index is 0.0244. The van der Waals surface area contributed by atoms with E-state index in [1.165, 1.54) is 6.08 Å². The minimum atomic E-state index is -0.994. The molecule has 19 heavy (non-hydrogen) atoms. The van der Waals surface area contributed by atoms with Gasteiger partial charge in [-0.15, -0.1) is 0 Å². The van der Waals surface area contributed by atoms with Crippen LogP contribution in [0.15, 0.2) is 24.3 Å². The van der Waals surface area contributed by atoms with E-state index in [0.717, 1.165) is 17.2 Å². The molecule has 0 aliphatic rings. The minimum Gasteiger partial charge on any atom is -0.478 e. The Kier molecular flexibility index (Phi) is 5.75. The van der Waals surface area contributed by atoms with Crippen LogP contribution in [0, 0.1) is 6.92 Å². The first-order valence-corrected chi connectivity index (χ1v) is 5.92. The van der Waals surface area contributed by atoms with Crippen molar-refractivity contribution in [2.24, 2.45) is 0 Å². The molecule has 102 valence electrons. The third-order valence-electron chi connectivity index (χ3n) is 2.38. The van der Waals surface area contributed by atoms with Gasteiger partial charge in [-0.05, 0) is 43.2 Å². The number of hydrogen-bond acceptors (Lipinski definition) is 3. The number of carbonyl (C=O) groups excluding carboxylic acids is 1. The summed E-state index contributed by atoms with van der Waals surface area (Å²) in [5.41, 5.74) is 2.32. The molecule has 1 aromatic carbocycles. The van der Waals surface area contributed by atoms with E-state index in [9.17, 15) is 9.59 Å². The van der Waals surface area contributed by atoms with Crippen molar-refractivity contribution in [3.63, 3.8) is 0 Å². The van der Waals surface area contributed by atoms with Crippen LogP contribution >= 0.6 is 0 Å². The summed E-state index contributed by atoms with van der Waals surface area (Å²) in [6.07, 6.45) is 2.57.